The number of halogens is 1. The van der Waals surface area contributed by atoms with Crippen LogP contribution >= 0.6 is 12.2 Å². The molecule has 5 nitrogen and oxygen atoms in total. The van der Waals surface area contributed by atoms with Crippen molar-refractivity contribution in [3.63, 3.8) is 0 Å². The number of hydrazine groups is 1. The van der Waals surface area contributed by atoms with Crippen LogP contribution < -0.4 is 20.9 Å². The van der Waals surface area contributed by atoms with E-state index in [-0.39, 0.29) is 10.9 Å². The van der Waals surface area contributed by atoms with E-state index in [1.165, 1.54) is 24.6 Å². The molecule has 0 bridgehead atoms. The lowest BCUT2D eigenvalue weighted by Gasteiger charge is -2.17. The second-order valence-corrected chi connectivity index (χ2v) is 6.44. The Labute approximate surface area is 157 Å². The van der Waals surface area contributed by atoms with Crippen LogP contribution in [0.25, 0.3) is 0 Å². The van der Waals surface area contributed by atoms with Crippen LogP contribution in [0.15, 0.2) is 48.5 Å². The molecule has 0 aliphatic rings. The van der Waals surface area contributed by atoms with Crippen molar-refractivity contribution in [1.82, 2.24) is 10.9 Å². The van der Waals surface area contributed by atoms with Crippen LogP contribution in [0.3, 0.4) is 0 Å². The molecule has 2 aromatic rings. The normalized spacial score (nSPS) is 11.6. The largest absolute Gasteiger partial charge is 0.478 e. The molecule has 0 aromatic heterocycles. The molecule has 1 atom stereocenters. The van der Waals surface area contributed by atoms with Crippen molar-refractivity contribution in [3.8, 4) is 5.75 Å². The zero-order valence-electron chi connectivity index (χ0n) is 14.9. The van der Waals surface area contributed by atoms with Crippen molar-refractivity contribution in [2.45, 2.75) is 32.8 Å². The maximum absolute atomic E-state index is 13.5. The molecule has 0 fully saturated rings. The Balaban J connectivity index is 1.80. The number of ether oxygens (including phenoxy) is 1. The Morgan fingerprint density at radius 1 is 1.04 bits per heavy atom. The molecule has 3 N–H and O–H groups in total. The highest BCUT2D eigenvalue weighted by molar-refractivity contribution is 7.80. The van der Waals surface area contributed by atoms with Crippen LogP contribution in [0.5, 0.6) is 5.75 Å². The van der Waals surface area contributed by atoms with Gasteiger partial charge in [0, 0.05) is 5.69 Å². The molecule has 0 saturated carbocycles. The molecule has 26 heavy (non-hydrogen) atoms. The molecule has 0 aliphatic heterocycles. The molecule has 138 valence electrons. The second kappa shape index (κ2) is 9.15. The lowest BCUT2D eigenvalue weighted by atomic mass is 10.0. The fraction of sp³-hybridized carbons (Fsp3) is 0.263. The monoisotopic (exact) mass is 375 g/mol. The Morgan fingerprint density at radius 3 is 2.31 bits per heavy atom. The maximum atomic E-state index is 13.5. The molecule has 0 unspecified atom stereocenters. The van der Waals surface area contributed by atoms with Gasteiger partial charge in [-0.2, -0.15) is 0 Å². The first-order chi connectivity index (χ1) is 12.4. The number of benzene rings is 2. The Bertz CT molecular complexity index is 766. The summed E-state index contributed by atoms with van der Waals surface area (Å²) in [4.78, 5) is 12.0. The maximum Gasteiger partial charge on any atom is 0.279 e. The fourth-order valence-electron chi connectivity index (χ4n) is 2.12. The number of hydrogen-bond donors (Lipinski definition) is 3. The summed E-state index contributed by atoms with van der Waals surface area (Å²) in [6.07, 6.45) is -0.896. The first-order valence-corrected chi connectivity index (χ1v) is 8.65. The lowest BCUT2D eigenvalue weighted by Crippen LogP contribution is -2.48. The number of carbonyl (C=O) groups excluding carboxylic acids is 1. The van der Waals surface area contributed by atoms with E-state index in [2.05, 4.69) is 30.0 Å². The molecular weight excluding hydrogens is 353 g/mol. The minimum absolute atomic E-state index is 0.0149. The average molecular weight is 375 g/mol. The first-order valence-electron chi connectivity index (χ1n) is 8.25. The third kappa shape index (κ3) is 5.70. The van der Waals surface area contributed by atoms with Gasteiger partial charge in [-0.3, -0.25) is 15.6 Å². The van der Waals surface area contributed by atoms with E-state index in [1.54, 1.807) is 12.1 Å². The summed E-state index contributed by atoms with van der Waals surface area (Å²) >= 11 is 5.14. The van der Waals surface area contributed by atoms with Crippen molar-refractivity contribution in [2.75, 3.05) is 5.32 Å². The van der Waals surface area contributed by atoms with E-state index in [9.17, 15) is 9.18 Å². The predicted molar refractivity (Wildman–Crippen MR) is 105 cm³/mol. The quantitative estimate of drug-likeness (QED) is 0.549. The average Bonchev–Trinajstić information content (AvgIpc) is 2.62. The third-order valence-corrected chi connectivity index (χ3v) is 3.85. The minimum Gasteiger partial charge on any atom is -0.478 e. The van der Waals surface area contributed by atoms with Gasteiger partial charge in [0.15, 0.2) is 22.8 Å². The van der Waals surface area contributed by atoms with Gasteiger partial charge in [-0.25, -0.2) is 4.39 Å². The van der Waals surface area contributed by atoms with E-state index in [4.69, 9.17) is 17.0 Å². The van der Waals surface area contributed by atoms with E-state index >= 15 is 0 Å². The van der Waals surface area contributed by atoms with Gasteiger partial charge in [-0.05, 0) is 54.9 Å². The van der Waals surface area contributed by atoms with Crippen LogP contribution in [-0.4, -0.2) is 17.1 Å². The van der Waals surface area contributed by atoms with Crippen LogP contribution in [0, 0.1) is 5.82 Å². The number of thiocarbonyl (C=S) groups is 1. The lowest BCUT2D eigenvalue weighted by molar-refractivity contribution is -0.127. The summed E-state index contributed by atoms with van der Waals surface area (Å²) in [5.41, 5.74) is 7.05. The topological polar surface area (TPSA) is 62.4 Å². The molecule has 1 amide bonds. The molecule has 7 heteroatoms. The zero-order valence-corrected chi connectivity index (χ0v) is 15.7. The fourth-order valence-corrected chi connectivity index (χ4v) is 2.29. The molecule has 0 saturated heterocycles. The summed E-state index contributed by atoms with van der Waals surface area (Å²) in [5.74, 6) is -0.542. The zero-order chi connectivity index (χ0) is 19.1. The molecule has 2 aromatic carbocycles. The first kappa shape index (κ1) is 19.7. The van der Waals surface area contributed by atoms with Gasteiger partial charge in [0.25, 0.3) is 5.91 Å². The van der Waals surface area contributed by atoms with E-state index in [0.29, 0.717) is 5.92 Å². The van der Waals surface area contributed by atoms with Gasteiger partial charge in [0.1, 0.15) is 0 Å². The predicted octanol–water partition coefficient (Wildman–Crippen LogP) is 3.73. The van der Waals surface area contributed by atoms with Crippen LogP contribution in [0.2, 0.25) is 0 Å². The van der Waals surface area contributed by atoms with Crippen molar-refractivity contribution in [1.29, 1.82) is 0 Å². The summed E-state index contributed by atoms with van der Waals surface area (Å²) in [6, 6.07) is 13.7. The van der Waals surface area contributed by atoms with Gasteiger partial charge in [-0.15, -0.1) is 0 Å². The molecule has 0 heterocycles. The smallest absolute Gasteiger partial charge is 0.279 e. The van der Waals surface area contributed by atoms with E-state index in [0.717, 1.165) is 5.69 Å². The molecular formula is C19H22FN3O2S. The van der Waals surface area contributed by atoms with E-state index < -0.39 is 17.8 Å². The minimum atomic E-state index is -0.896. The molecule has 0 radical (unpaired) electrons. The highest BCUT2D eigenvalue weighted by Gasteiger charge is 2.16. The number of amides is 1. The van der Waals surface area contributed by atoms with Gasteiger partial charge >= 0.3 is 0 Å². The van der Waals surface area contributed by atoms with Crippen LogP contribution in [0.1, 0.15) is 32.3 Å². The van der Waals surface area contributed by atoms with Gasteiger partial charge in [0.2, 0.25) is 0 Å². The highest BCUT2D eigenvalue weighted by Crippen LogP contribution is 2.18. The molecule has 2 rings (SSSR count). The Morgan fingerprint density at radius 2 is 1.69 bits per heavy atom. The van der Waals surface area contributed by atoms with Gasteiger partial charge in [-0.1, -0.05) is 38.1 Å². The summed E-state index contributed by atoms with van der Waals surface area (Å²) in [7, 11) is 0. The van der Waals surface area contributed by atoms with Crippen LogP contribution in [-0.2, 0) is 4.79 Å². The SMILES string of the molecule is CC(C)c1ccc(NC(=S)NNC(=O)[C@H](C)Oc2ccccc2F)cc1. The number of hydrogen-bond acceptors (Lipinski definition) is 3. The van der Waals surface area contributed by atoms with Crippen LogP contribution in [0.4, 0.5) is 10.1 Å². The number of para-hydroxylation sites is 1. The van der Waals surface area contributed by atoms with E-state index in [1.807, 2.05) is 24.3 Å². The molecule has 0 spiro atoms. The number of anilines is 1. The van der Waals surface area contributed by atoms with Crippen molar-refractivity contribution >= 4 is 28.9 Å². The number of nitrogens with one attached hydrogen (secondary N) is 3. The summed E-state index contributed by atoms with van der Waals surface area (Å²) < 4.78 is 18.8. The van der Waals surface area contributed by atoms with Gasteiger partial charge < -0.3 is 10.1 Å². The third-order valence-electron chi connectivity index (χ3n) is 3.64. The summed E-state index contributed by atoms with van der Waals surface area (Å²) in [5, 5.41) is 3.20. The Hall–Kier alpha value is -2.67. The highest BCUT2D eigenvalue weighted by atomic mass is 32.1. The number of rotatable bonds is 5. The van der Waals surface area contributed by atoms with Crippen molar-refractivity contribution < 1.29 is 13.9 Å². The van der Waals surface area contributed by atoms with Gasteiger partial charge in [0.05, 0.1) is 0 Å². The van der Waals surface area contributed by atoms with Crippen molar-refractivity contribution in [3.05, 3.63) is 59.9 Å². The summed E-state index contributed by atoms with van der Waals surface area (Å²) in [6.45, 7) is 5.76. The standard InChI is InChI=1S/C19H22FN3O2S/c1-12(2)14-8-10-15(11-9-14)21-19(26)23-22-18(24)13(3)25-17-7-5-4-6-16(17)20/h4-13H,1-3H3,(H,22,24)(H2,21,23,26)/t13-/m0/s1. The van der Waals surface area contributed by atoms with Crippen molar-refractivity contribution in [2.24, 2.45) is 0 Å². The second-order valence-electron chi connectivity index (χ2n) is 6.04. The molecule has 0 aliphatic carbocycles. The Kier molecular flexibility index (Phi) is 6.91. The number of carbonyl (C=O) groups is 1.